The third-order valence-electron chi connectivity index (χ3n) is 1.17. The lowest BCUT2D eigenvalue weighted by molar-refractivity contribution is -0.711. The number of hydrogen-bond donors (Lipinski definition) is 0. The van der Waals surface area contributed by atoms with Crippen molar-refractivity contribution in [2.75, 3.05) is 0 Å². The molecule has 0 atom stereocenters. The number of hydrogen-bond acceptors (Lipinski definition) is 4. The Kier molecular flexibility index (Phi) is 2.37. The van der Waals surface area contributed by atoms with Crippen molar-refractivity contribution < 1.29 is 9.92 Å². The molecule has 0 aromatic carbocycles. The second kappa shape index (κ2) is 3.47. The Bertz CT molecular complexity index is 311. The molecule has 0 aliphatic carbocycles. The van der Waals surface area contributed by atoms with Crippen molar-refractivity contribution in [3.63, 3.8) is 0 Å². The molecule has 0 spiro atoms. The molecule has 1 aromatic heterocycles. The summed E-state index contributed by atoms with van der Waals surface area (Å²) in [6.45, 7) is 3.43. The van der Waals surface area contributed by atoms with Crippen molar-refractivity contribution in [2.45, 2.75) is 0 Å². The van der Waals surface area contributed by atoms with Gasteiger partial charge >= 0.3 is 0 Å². The summed E-state index contributed by atoms with van der Waals surface area (Å²) in [6, 6.07) is 3.00. The molecule has 0 fully saturated rings. The summed E-state index contributed by atoms with van der Waals surface area (Å²) in [5.74, 6) is 0.0949. The lowest BCUT2D eigenvalue weighted by Gasteiger charge is -1.99. The van der Waals surface area contributed by atoms with Gasteiger partial charge in [0.05, 0.1) is 5.69 Å². The van der Waals surface area contributed by atoms with Gasteiger partial charge in [0.15, 0.2) is 5.75 Å². The Morgan fingerprint density at radius 1 is 1.75 bits per heavy atom. The fraction of sp³-hybridized carbons (Fsp3) is 0. The number of aromatic nitrogens is 1. The van der Waals surface area contributed by atoms with Crippen LogP contribution in [0.1, 0.15) is 5.69 Å². The van der Waals surface area contributed by atoms with E-state index in [1.807, 2.05) is 0 Å². The number of pyridine rings is 1. The van der Waals surface area contributed by atoms with Crippen LogP contribution in [0.4, 0.5) is 0 Å². The zero-order valence-corrected chi connectivity index (χ0v) is 6.14. The number of nitrogens with zero attached hydrogens (tertiary/aromatic N) is 2. The molecule has 1 heterocycles. The minimum absolute atomic E-state index is 0.0949. The maximum atomic E-state index is 9.96. The van der Waals surface area contributed by atoms with Gasteiger partial charge in [-0.15, -0.1) is 10.1 Å². The summed E-state index contributed by atoms with van der Waals surface area (Å²) < 4.78 is 0. The minimum Gasteiger partial charge on any atom is -0.274 e. The summed E-state index contributed by atoms with van der Waals surface area (Å²) in [6.07, 6.45) is 2.89. The summed E-state index contributed by atoms with van der Waals surface area (Å²) >= 11 is 0. The summed E-state index contributed by atoms with van der Waals surface area (Å²) in [5, 5.41) is 9.07. The summed E-state index contributed by atoms with van der Waals surface area (Å²) in [7, 11) is 0. The highest BCUT2D eigenvalue weighted by atomic mass is 17.0. The SMILES string of the molecule is C=Cc1ncccc1O[N+](=O)[O-]. The van der Waals surface area contributed by atoms with Gasteiger partial charge in [0.1, 0.15) is 0 Å². The highest BCUT2D eigenvalue weighted by molar-refractivity contribution is 5.50. The third-order valence-corrected chi connectivity index (χ3v) is 1.17. The van der Waals surface area contributed by atoms with Crippen molar-refractivity contribution >= 4 is 6.08 Å². The van der Waals surface area contributed by atoms with Gasteiger partial charge in [-0.05, 0) is 18.2 Å². The maximum absolute atomic E-state index is 9.96. The predicted octanol–water partition coefficient (Wildman–Crippen LogP) is 1.30. The quantitative estimate of drug-likeness (QED) is 0.501. The van der Waals surface area contributed by atoms with Gasteiger partial charge in [-0.25, -0.2) is 0 Å². The highest BCUT2D eigenvalue weighted by Gasteiger charge is 2.03. The van der Waals surface area contributed by atoms with Crippen molar-refractivity contribution in [3.05, 3.63) is 40.7 Å². The smallest absolute Gasteiger partial charge is 0.274 e. The first-order valence-corrected chi connectivity index (χ1v) is 3.14. The van der Waals surface area contributed by atoms with Crippen LogP contribution in [0.25, 0.3) is 6.08 Å². The normalized spacial score (nSPS) is 9.00. The predicted molar refractivity (Wildman–Crippen MR) is 42.0 cm³/mol. The van der Waals surface area contributed by atoms with E-state index in [2.05, 4.69) is 16.4 Å². The maximum Gasteiger partial charge on any atom is 0.299 e. The van der Waals surface area contributed by atoms with Crippen molar-refractivity contribution in [2.24, 2.45) is 0 Å². The Hall–Kier alpha value is -1.91. The largest absolute Gasteiger partial charge is 0.299 e. The Morgan fingerprint density at radius 3 is 3.08 bits per heavy atom. The van der Waals surface area contributed by atoms with Crippen molar-refractivity contribution in [3.8, 4) is 5.75 Å². The van der Waals surface area contributed by atoms with E-state index < -0.39 is 5.09 Å². The number of rotatable bonds is 3. The van der Waals surface area contributed by atoms with Gasteiger partial charge in [0.25, 0.3) is 5.09 Å². The zero-order valence-electron chi connectivity index (χ0n) is 6.14. The van der Waals surface area contributed by atoms with Gasteiger partial charge in [-0.1, -0.05) is 6.58 Å². The standard InChI is InChI=1S/C7H6N2O3/c1-2-6-7(12-9(10)11)4-3-5-8-6/h2-5H,1H2. The van der Waals surface area contributed by atoms with Gasteiger partial charge in [0, 0.05) is 6.20 Å². The van der Waals surface area contributed by atoms with Gasteiger partial charge in [-0.3, -0.25) is 9.82 Å². The third kappa shape index (κ3) is 1.79. The van der Waals surface area contributed by atoms with Crippen LogP contribution in [0.5, 0.6) is 5.75 Å². The molecule has 1 aromatic rings. The van der Waals surface area contributed by atoms with Crippen LogP contribution in [-0.2, 0) is 0 Å². The Labute approximate surface area is 68.4 Å². The van der Waals surface area contributed by atoms with Crippen LogP contribution in [0.15, 0.2) is 24.9 Å². The van der Waals surface area contributed by atoms with Crippen LogP contribution in [-0.4, -0.2) is 10.1 Å². The average Bonchev–Trinajstić information content (AvgIpc) is 2.04. The molecule has 0 bridgehead atoms. The van der Waals surface area contributed by atoms with E-state index in [9.17, 15) is 10.1 Å². The fourth-order valence-electron chi connectivity index (χ4n) is 0.714. The van der Waals surface area contributed by atoms with Crippen molar-refractivity contribution in [1.29, 1.82) is 0 Å². The molecule has 1 rings (SSSR count). The second-order valence-corrected chi connectivity index (χ2v) is 1.91. The molecule has 0 saturated carbocycles. The van der Waals surface area contributed by atoms with E-state index in [0.29, 0.717) is 5.69 Å². The molecule has 0 aliphatic heterocycles. The molecule has 0 saturated heterocycles. The van der Waals surface area contributed by atoms with Crippen LogP contribution >= 0.6 is 0 Å². The molecule has 0 unspecified atom stereocenters. The van der Waals surface area contributed by atoms with Gasteiger partial charge in [-0.2, -0.15) is 0 Å². The fourth-order valence-corrected chi connectivity index (χ4v) is 0.714. The van der Waals surface area contributed by atoms with E-state index in [1.54, 1.807) is 6.07 Å². The first kappa shape index (κ1) is 8.19. The van der Waals surface area contributed by atoms with Gasteiger partial charge < -0.3 is 0 Å². The average molecular weight is 166 g/mol. The van der Waals surface area contributed by atoms with E-state index in [-0.39, 0.29) is 5.75 Å². The molecule has 5 nitrogen and oxygen atoms in total. The lowest BCUT2D eigenvalue weighted by atomic mass is 10.3. The first-order chi connectivity index (χ1) is 5.74. The lowest BCUT2D eigenvalue weighted by Crippen LogP contribution is -2.05. The molecule has 12 heavy (non-hydrogen) atoms. The van der Waals surface area contributed by atoms with Crippen molar-refractivity contribution in [1.82, 2.24) is 4.98 Å². The van der Waals surface area contributed by atoms with Crippen LogP contribution in [0, 0.1) is 10.1 Å². The molecule has 0 aliphatic rings. The molecular weight excluding hydrogens is 160 g/mol. The second-order valence-electron chi connectivity index (χ2n) is 1.91. The Morgan fingerprint density at radius 2 is 2.50 bits per heavy atom. The van der Waals surface area contributed by atoms with E-state index >= 15 is 0 Å². The van der Waals surface area contributed by atoms with Crippen LogP contribution in [0.3, 0.4) is 0 Å². The Balaban J connectivity index is 2.96. The first-order valence-electron chi connectivity index (χ1n) is 3.14. The van der Waals surface area contributed by atoms with E-state index in [1.165, 1.54) is 18.3 Å². The summed E-state index contributed by atoms with van der Waals surface area (Å²) in [5.41, 5.74) is 0.356. The molecule has 0 N–H and O–H groups in total. The molecule has 62 valence electrons. The molecule has 0 radical (unpaired) electrons. The van der Waals surface area contributed by atoms with E-state index in [0.717, 1.165) is 0 Å². The molecular formula is C7H6N2O3. The topological polar surface area (TPSA) is 65.3 Å². The molecule has 5 heteroatoms. The van der Waals surface area contributed by atoms with Crippen LogP contribution in [0.2, 0.25) is 0 Å². The van der Waals surface area contributed by atoms with Crippen LogP contribution < -0.4 is 4.84 Å². The highest BCUT2D eigenvalue weighted by Crippen LogP contribution is 2.15. The van der Waals surface area contributed by atoms with E-state index in [4.69, 9.17) is 0 Å². The monoisotopic (exact) mass is 166 g/mol. The summed E-state index contributed by atoms with van der Waals surface area (Å²) in [4.78, 5) is 18.0. The zero-order chi connectivity index (χ0) is 8.97. The minimum atomic E-state index is -0.885. The molecule has 0 amide bonds. The van der Waals surface area contributed by atoms with Gasteiger partial charge in [0.2, 0.25) is 0 Å².